The number of hydrogen-bond acceptors (Lipinski definition) is 4. The maximum absolute atomic E-state index is 12.0. The van der Waals surface area contributed by atoms with E-state index in [0.717, 1.165) is 0 Å². The van der Waals surface area contributed by atoms with Crippen molar-refractivity contribution in [3.63, 3.8) is 0 Å². The van der Waals surface area contributed by atoms with Crippen LogP contribution in [0.15, 0.2) is 22.7 Å². The number of halogens is 1. The van der Waals surface area contributed by atoms with Crippen molar-refractivity contribution in [2.24, 2.45) is 0 Å². The van der Waals surface area contributed by atoms with Gasteiger partial charge in [0, 0.05) is 19.0 Å². The molecule has 7 nitrogen and oxygen atoms in total. The predicted octanol–water partition coefficient (Wildman–Crippen LogP) is 0.976. The first-order valence-corrected chi connectivity index (χ1v) is 6.29. The number of nitro benzene ring substituents is 1. The Labute approximate surface area is 116 Å². The maximum atomic E-state index is 12.0. The average Bonchev–Trinajstić information content (AvgIpc) is 2.74. The van der Waals surface area contributed by atoms with E-state index in [1.54, 1.807) is 0 Å². The fourth-order valence-corrected chi connectivity index (χ4v) is 2.40. The summed E-state index contributed by atoms with van der Waals surface area (Å²) in [6, 6.07) is 3.94. The Hall–Kier alpha value is -1.96. The van der Waals surface area contributed by atoms with Crippen LogP contribution in [0.4, 0.5) is 5.69 Å². The number of benzene rings is 1. The Morgan fingerprint density at radius 2 is 2.26 bits per heavy atom. The molecule has 1 fully saturated rings. The highest BCUT2D eigenvalue weighted by molar-refractivity contribution is 9.10. The summed E-state index contributed by atoms with van der Waals surface area (Å²) in [4.78, 5) is 33.2. The topological polar surface area (TPSA) is 101 Å². The Morgan fingerprint density at radius 1 is 1.53 bits per heavy atom. The number of carbonyl (C=O) groups excluding carboxylic acids is 2. The van der Waals surface area contributed by atoms with Gasteiger partial charge in [0.1, 0.15) is 4.47 Å². The van der Waals surface area contributed by atoms with Gasteiger partial charge in [-0.15, -0.1) is 0 Å². The van der Waals surface area contributed by atoms with Crippen molar-refractivity contribution in [3.05, 3.63) is 38.3 Å². The molecule has 1 aromatic rings. The van der Waals surface area contributed by atoms with E-state index in [1.807, 2.05) is 0 Å². The number of carbonyl (C=O) groups is 2. The summed E-state index contributed by atoms with van der Waals surface area (Å²) in [5.41, 5.74) is 0.00169. The van der Waals surface area contributed by atoms with Crippen molar-refractivity contribution in [1.29, 1.82) is 0 Å². The second-order valence-electron chi connectivity index (χ2n) is 4.07. The normalized spacial score (nSPS) is 17.9. The lowest BCUT2D eigenvalue weighted by atomic mass is 10.1. The zero-order valence-corrected chi connectivity index (χ0v) is 11.3. The van der Waals surface area contributed by atoms with Gasteiger partial charge in [-0.1, -0.05) is 6.07 Å². The van der Waals surface area contributed by atoms with Gasteiger partial charge in [-0.05, 0) is 22.0 Å². The van der Waals surface area contributed by atoms with Crippen LogP contribution >= 0.6 is 15.9 Å². The Bertz CT molecular complexity index is 561. The molecule has 1 unspecified atom stereocenters. The summed E-state index contributed by atoms with van der Waals surface area (Å²) in [6.45, 7) is 0.372. The third kappa shape index (κ3) is 2.90. The number of amides is 2. The number of hydrogen-bond donors (Lipinski definition) is 2. The minimum Gasteiger partial charge on any atom is -0.354 e. The van der Waals surface area contributed by atoms with Gasteiger partial charge < -0.3 is 10.6 Å². The molecule has 1 atom stereocenters. The lowest BCUT2D eigenvalue weighted by Gasteiger charge is -2.11. The molecule has 2 amide bonds. The molecule has 0 radical (unpaired) electrons. The molecule has 0 aliphatic carbocycles. The van der Waals surface area contributed by atoms with Crippen LogP contribution in [0, 0.1) is 10.1 Å². The van der Waals surface area contributed by atoms with Gasteiger partial charge >= 0.3 is 0 Å². The summed E-state index contributed by atoms with van der Waals surface area (Å²) >= 11 is 3.06. The standard InChI is InChI=1S/C11H10BrN3O4/c12-10-7(2-1-3-8(10)15(18)19)11(17)14-6-4-9(16)13-5-6/h1-3,6H,4-5H2,(H,13,16)(H,14,17). The number of rotatable bonds is 3. The molecule has 1 aliphatic heterocycles. The molecular formula is C11H10BrN3O4. The minimum atomic E-state index is -0.568. The van der Waals surface area contributed by atoms with E-state index in [-0.39, 0.29) is 34.1 Å². The Kier molecular flexibility index (Phi) is 3.79. The molecule has 0 spiro atoms. The monoisotopic (exact) mass is 327 g/mol. The summed E-state index contributed by atoms with van der Waals surface area (Å²) in [5, 5.41) is 16.0. The first-order valence-electron chi connectivity index (χ1n) is 5.49. The Balaban J connectivity index is 2.17. The molecule has 8 heteroatoms. The third-order valence-electron chi connectivity index (χ3n) is 2.73. The van der Waals surface area contributed by atoms with Crippen molar-refractivity contribution in [2.75, 3.05) is 6.54 Å². The minimum absolute atomic E-state index is 0.122. The largest absolute Gasteiger partial charge is 0.354 e. The van der Waals surface area contributed by atoms with E-state index in [1.165, 1.54) is 18.2 Å². The predicted molar refractivity (Wildman–Crippen MR) is 69.7 cm³/mol. The van der Waals surface area contributed by atoms with Gasteiger partial charge in [0.2, 0.25) is 5.91 Å². The van der Waals surface area contributed by atoms with Crippen LogP contribution in [-0.4, -0.2) is 29.3 Å². The van der Waals surface area contributed by atoms with E-state index in [2.05, 4.69) is 26.6 Å². The second-order valence-corrected chi connectivity index (χ2v) is 4.87. The Morgan fingerprint density at radius 3 is 2.84 bits per heavy atom. The molecule has 2 N–H and O–H groups in total. The van der Waals surface area contributed by atoms with Gasteiger partial charge in [0.25, 0.3) is 11.6 Å². The first-order chi connectivity index (χ1) is 8.99. The quantitative estimate of drug-likeness (QED) is 0.638. The molecule has 1 aliphatic rings. The van der Waals surface area contributed by atoms with Crippen LogP contribution < -0.4 is 10.6 Å². The van der Waals surface area contributed by atoms with E-state index < -0.39 is 10.8 Å². The highest BCUT2D eigenvalue weighted by atomic mass is 79.9. The summed E-state index contributed by atoms with van der Waals surface area (Å²) in [5.74, 6) is -0.569. The first kappa shape index (κ1) is 13.5. The van der Waals surface area contributed by atoms with Crippen LogP contribution in [0.3, 0.4) is 0 Å². The summed E-state index contributed by atoms with van der Waals surface area (Å²) < 4.78 is 0.134. The molecule has 0 bridgehead atoms. The highest BCUT2D eigenvalue weighted by Crippen LogP contribution is 2.28. The van der Waals surface area contributed by atoms with Crippen LogP contribution in [0.1, 0.15) is 16.8 Å². The zero-order chi connectivity index (χ0) is 14.0. The molecule has 0 saturated carbocycles. The van der Waals surface area contributed by atoms with E-state index >= 15 is 0 Å². The molecule has 1 saturated heterocycles. The van der Waals surface area contributed by atoms with Crippen molar-refractivity contribution in [2.45, 2.75) is 12.5 Å². The fourth-order valence-electron chi connectivity index (χ4n) is 1.81. The number of nitrogens with one attached hydrogen (secondary N) is 2. The van der Waals surface area contributed by atoms with Crippen LogP contribution in [0.2, 0.25) is 0 Å². The average molecular weight is 328 g/mol. The van der Waals surface area contributed by atoms with E-state index in [9.17, 15) is 19.7 Å². The number of nitro groups is 1. The van der Waals surface area contributed by atoms with Gasteiger partial charge in [0.05, 0.1) is 16.5 Å². The highest BCUT2D eigenvalue weighted by Gasteiger charge is 2.25. The van der Waals surface area contributed by atoms with Gasteiger partial charge in [-0.2, -0.15) is 0 Å². The van der Waals surface area contributed by atoms with Gasteiger partial charge in [-0.25, -0.2) is 0 Å². The van der Waals surface area contributed by atoms with Crippen LogP contribution in [0.25, 0.3) is 0 Å². The molecule has 1 heterocycles. The molecule has 0 aromatic heterocycles. The van der Waals surface area contributed by atoms with Crippen molar-refractivity contribution in [3.8, 4) is 0 Å². The molecular weight excluding hydrogens is 318 g/mol. The molecule has 1 aromatic carbocycles. The summed E-state index contributed by atoms with van der Waals surface area (Å²) in [7, 11) is 0. The van der Waals surface area contributed by atoms with Crippen molar-refractivity contribution >= 4 is 33.4 Å². The van der Waals surface area contributed by atoms with Crippen LogP contribution in [0.5, 0.6) is 0 Å². The molecule has 19 heavy (non-hydrogen) atoms. The van der Waals surface area contributed by atoms with Crippen LogP contribution in [-0.2, 0) is 4.79 Å². The lowest BCUT2D eigenvalue weighted by Crippen LogP contribution is -2.36. The van der Waals surface area contributed by atoms with Gasteiger partial charge in [0.15, 0.2) is 0 Å². The smallest absolute Gasteiger partial charge is 0.284 e. The van der Waals surface area contributed by atoms with E-state index in [0.29, 0.717) is 6.54 Å². The fraction of sp³-hybridized carbons (Fsp3) is 0.273. The molecule has 100 valence electrons. The van der Waals surface area contributed by atoms with Gasteiger partial charge in [-0.3, -0.25) is 19.7 Å². The SMILES string of the molecule is O=C1CC(NC(=O)c2cccc([N+](=O)[O-])c2Br)CN1. The summed E-state index contributed by atoms with van der Waals surface area (Å²) in [6.07, 6.45) is 0.221. The molecule has 2 rings (SSSR count). The third-order valence-corrected chi connectivity index (χ3v) is 3.57. The zero-order valence-electron chi connectivity index (χ0n) is 9.68. The maximum Gasteiger partial charge on any atom is 0.284 e. The van der Waals surface area contributed by atoms with Crippen molar-refractivity contribution < 1.29 is 14.5 Å². The van der Waals surface area contributed by atoms with E-state index in [4.69, 9.17) is 0 Å². The van der Waals surface area contributed by atoms with Crippen molar-refractivity contribution in [1.82, 2.24) is 10.6 Å². The second kappa shape index (κ2) is 5.35. The lowest BCUT2D eigenvalue weighted by molar-refractivity contribution is -0.385. The number of nitrogens with zero attached hydrogens (tertiary/aromatic N) is 1.